The predicted octanol–water partition coefficient (Wildman–Crippen LogP) is 8.64. The molecule has 0 atom stereocenters. The first-order chi connectivity index (χ1) is 21.1. The summed E-state index contributed by atoms with van der Waals surface area (Å²) >= 11 is 0.921. The molecule has 6 rings (SSSR count). The zero-order chi connectivity index (χ0) is 29.4. The van der Waals surface area contributed by atoms with Crippen molar-refractivity contribution in [3.8, 4) is 0 Å². The number of anilines is 2. The van der Waals surface area contributed by atoms with Crippen molar-refractivity contribution in [2.24, 2.45) is 10.2 Å². The Morgan fingerprint density at radius 1 is 0.442 bits per heavy atom. The van der Waals surface area contributed by atoms with Crippen LogP contribution in [0.1, 0.15) is 20.7 Å². The maximum Gasteiger partial charge on any atom is 0.220 e. The normalized spacial score (nSPS) is 11.8. The van der Waals surface area contributed by atoms with Crippen LogP contribution < -0.4 is 10.9 Å². The second-order valence-electron chi connectivity index (χ2n) is 9.67. The quantitative estimate of drug-likeness (QED) is 0.0817. The number of fused-ring (bicyclic) bond motifs is 2. The van der Waals surface area contributed by atoms with Crippen molar-refractivity contribution in [3.63, 3.8) is 0 Å². The van der Waals surface area contributed by atoms with Crippen molar-refractivity contribution < 1.29 is 9.59 Å². The number of rotatable bonds is 8. The number of nitrogens with zero attached hydrogens (tertiary/aromatic N) is 2. The zero-order valence-corrected chi connectivity index (χ0v) is 23.8. The summed E-state index contributed by atoms with van der Waals surface area (Å²) in [6, 6.07) is 45.3. The number of hydrazone groups is 2. The Bertz CT molecular complexity index is 1840. The molecule has 0 radical (unpaired) electrons. The van der Waals surface area contributed by atoms with E-state index in [9.17, 15) is 9.59 Å². The molecule has 0 heterocycles. The van der Waals surface area contributed by atoms with Gasteiger partial charge >= 0.3 is 0 Å². The van der Waals surface area contributed by atoms with Crippen LogP contribution in [0.25, 0.3) is 21.5 Å². The van der Waals surface area contributed by atoms with Gasteiger partial charge in [-0.25, -0.2) is 0 Å². The van der Waals surface area contributed by atoms with Gasteiger partial charge in [0.15, 0.2) is 10.1 Å². The average Bonchev–Trinajstić information content (AvgIpc) is 3.08. The van der Waals surface area contributed by atoms with Crippen molar-refractivity contribution in [2.45, 2.75) is 0 Å². The largest absolute Gasteiger partial charge is 0.286 e. The molecule has 6 aromatic rings. The Hall–Kier alpha value is -5.53. The molecule has 0 spiro atoms. The monoisotopic (exact) mass is 578 g/mol. The van der Waals surface area contributed by atoms with Gasteiger partial charge in [-0.05, 0) is 69.7 Å². The lowest BCUT2D eigenvalue weighted by molar-refractivity contribution is 0.106. The maximum absolute atomic E-state index is 14.0. The first-order valence-corrected chi connectivity index (χ1v) is 14.5. The molecule has 6 nitrogen and oxygen atoms in total. The summed E-state index contributed by atoms with van der Waals surface area (Å²) in [4.78, 5) is 28.0. The van der Waals surface area contributed by atoms with Gasteiger partial charge in [-0.2, -0.15) is 10.2 Å². The molecular formula is C36H26N4O2S. The molecule has 0 aromatic heterocycles. The number of hydrogen-bond acceptors (Lipinski definition) is 7. The number of thioether (sulfide) groups is 1. The van der Waals surface area contributed by atoms with Crippen LogP contribution in [0.2, 0.25) is 0 Å². The Balaban J connectivity index is 1.39. The van der Waals surface area contributed by atoms with Gasteiger partial charge in [0, 0.05) is 11.1 Å². The third-order valence-electron chi connectivity index (χ3n) is 6.73. The summed E-state index contributed by atoms with van der Waals surface area (Å²) in [5, 5.41) is 13.0. The van der Waals surface area contributed by atoms with Gasteiger partial charge in [-0.1, -0.05) is 109 Å². The summed E-state index contributed by atoms with van der Waals surface area (Å²) in [6.45, 7) is 0. The minimum absolute atomic E-state index is 0.0712. The first kappa shape index (κ1) is 27.6. The standard InChI is InChI=1S/C36H26N4O2S/c41-33(29-21-19-25-11-7-9-13-27(25)23-29)35(39-37-31-15-3-1-4-16-31)43-36(40-38-32-17-5-2-6-18-32)34(42)30-22-20-26-12-8-10-14-28(26)24-30/h1-24,37-38H/b39-35+,40-36+. The second-order valence-corrected chi connectivity index (χ2v) is 10.7. The van der Waals surface area contributed by atoms with Crippen LogP contribution in [0, 0.1) is 0 Å². The van der Waals surface area contributed by atoms with Crippen molar-refractivity contribution >= 4 is 66.3 Å². The lowest BCUT2D eigenvalue weighted by Crippen LogP contribution is -2.20. The van der Waals surface area contributed by atoms with Crippen LogP contribution in [0.15, 0.2) is 156 Å². The lowest BCUT2D eigenvalue weighted by atomic mass is 10.0. The maximum atomic E-state index is 14.0. The number of ketones is 2. The van der Waals surface area contributed by atoms with Crippen molar-refractivity contribution in [1.29, 1.82) is 0 Å². The van der Waals surface area contributed by atoms with E-state index in [1.807, 2.05) is 133 Å². The van der Waals surface area contributed by atoms with Crippen LogP contribution >= 0.6 is 11.8 Å². The van der Waals surface area contributed by atoms with Crippen molar-refractivity contribution in [2.75, 3.05) is 10.9 Å². The SMILES string of the molecule is O=C(/C(=N\Nc1ccccc1)S/C(=N/Nc1ccccc1)C(=O)c1ccc2ccccc2c1)c1ccc2ccccc2c1. The molecule has 0 unspecified atom stereocenters. The van der Waals surface area contributed by atoms with E-state index in [4.69, 9.17) is 0 Å². The zero-order valence-electron chi connectivity index (χ0n) is 23.0. The molecule has 6 aromatic carbocycles. The third kappa shape index (κ3) is 6.69. The fourth-order valence-corrected chi connectivity index (χ4v) is 5.28. The molecule has 208 valence electrons. The number of carbonyl (C=O) groups is 2. The van der Waals surface area contributed by atoms with E-state index >= 15 is 0 Å². The fraction of sp³-hybridized carbons (Fsp3) is 0. The van der Waals surface area contributed by atoms with Crippen molar-refractivity contribution in [3.05, 3.63) is 157 Å². The molecule has 0 aliphatic rings. The molecule has 2 N–H and O–H groups in total. The summed E-state index contributed by atoms with van der Waals surface area (Å²) in [7, 11) is 0. The molecule has 0 aliphatic carbocycles. The molecule has 0 fully saturated rings. The molecule has 0 saturated carbocycles. The van der Waals surface area contributed by atoms with Gasteiger partial charge < -0.3 is 0 Å². The number of nitrogens with one attached hydrogen (secondary N) is 2. The molecular weight excluding hydrogens is 552 g/mol. The summed E-state index contributed by atoms with van der Waals surface area (Å²) in [5.41, 5.74) is 8.26. The van der Waals surface area contributed by atoms with E-state index in [-0.39, 0.29) is 21.7 Å². The van der Waals surface area contributed by atoms with Crippen LogP contribution in [0.4, 0.5) is 11.4 Å². The molecule has 43 heavy (non-hydrogen) atoms. The van der Waals surface area contributed by atoms with E-state index in [0.717, 1.165) is 33.3 Å². The number of Topliss-reactive ketones (excluding diaryl/α,β-unsaturated/α-hetero) is 2. The topological polar surface area (TPSA) is 82.9 Å². The lowest BCUT2D eigenvalue weighted by Gasteiger charge is -2.11. The van der Waals surface area contributed by atoms with Gasteiger partial charge in [0.05, 0.1) is 11.4 Å². The number of benzene rings is 6. The Morgan fingerprint density at radius 3 is 1.23 bits per heavy atom. The molecule has 0 saturated heterocycles. The van der Waals surface area contributed by atoms with Gasteiger partial charge in [0.1, 0.15) is 0 Å². The van der Waals surface area contributed by atoms with Gasteiger partial charge in [-0.15, -0.1) is 0 Å². The van der Waals surface area contributed by atoms with Gasteiger partial charge in [0.2, 0.25) is 11.6 Å². The van der Waals surface area contributed by atoms with E-state index < -0.39 is 0 Å². The molecule has 0 amide bonds. The molecule has 0 aliphatic heterocycles. The van der Waals surface area contributed by atoms with Crippen LogP contribution in [-0.2, 0) is 0 Å². The van der Waals surface area contributed by atoms with E-state index in [2.05, 4.69) is 21.1 Å². The van der Waals surface area contributed by atoms with Crippen LogP contribution in [0.5, 0.6) is 0 Å². The van der Waals surface area contributed by atoms with E-state index in [1.165, 1.54) is 0 Å². The van der Waals surface area contributed by atoms with Gasteiger partial charge in [0.25, 0.3) is 0 Å². The Kier molecular flexibility index (Phi) is 8.34. The second kappa shape index (κ2) is 13.0. The number of hydrogen-bond donors (Lipinski definition) is 2. The number of carbonyl (C=O) groups excluding carboxylic acids is 2. The Labute approximate surface area is 253 Å². The fourth-order valence-electron chi connectivity index (χ4n) is 4.50. The highest BCUT2D eigenvalue weighted by Gasteiger charge is 2.24. The first-order valence-electron chi connectivity index (χ1n) is 13.7. The van der Waals surface area contributed by atoms with Crippen LogP contribution in [-0.4, -0.2) is 21.7 Å². The summed E-state index contributed by atoms with van der Waals surface area (Å²) in [5.74, 6) is -0.671. The van der Waals surface area contributed by atoms with E-state index in [0.29, 0.717) is 22.5 Å². The highest BCUT2D eigenvalue weighted by Crippen LogP contribution is 2.23. The summed E-state index contributed by atoms with van der Waals surface area (Å²) in [6.07, 6.45) is 0. The highest BCUT2D eigenvalue weighted by atomic mass is 32.2. The smallest absolute Gasteiger partial charge is 0.220 e. The summed E-state index contributed by atoms with van der Waals surface area (Å²) < 4.78 is 0. The third-order valence-corrected chi connectivity index (χ3v) is 7.67. The minimum atomic E-state index is -0.335. The molecule has 7 heteroatoms. The molecule has 0 bridgehead atoms. The average molecular weight is 579 g/mol. The predicted molar refractivity (Wildman–Crippen MR) is 179 cm³/mol. The minimum Gasteiger partial charge on any atom is -0.286 e. The highest BCUT2D eigenvalue weighted by molar-refractivity contribution is 8.29. The van der Waals surface area contributed by atoms with Crippen molar-refractivity contribution in [1.82, 2.24) is 0 Å². The Morgan fingerprint density at radius 2 is 0.814 bits per heavy atom. The number of para-hydroxylation sites is 2. The van der Waals surface area contributed by atoms with E-state index in [1.54, 1.807) is 12.1 Å². The van der Waals surface area contributed by atoms with Gasteiger partial charge in [-0.3, -0.25) is 20.4 Å². The van der Waals surface area contributed by atoms with Crippen LogP contribution in [0.3, 0.4) is 0 Å².